The van der Waals surface area contributed by atoms with E-state index in [9.17, 15) is 9.18 Å². The molecule has 0 N–H and O–H groups in total. The number of halogens is 1. The Hall–Kier alpha value is -2.51. The fraction of sp³-hybridized carbons (Fsp3) is 0.429. The minimum atomic E-state index is -0.447. The van der Waals surface area contributed by atoms with Crippen molar-refractivity contribution >= 4 is 11.6 Å². The zero-order chi connectivity index (χ0) is 19.6. The maximum Gasteiger partial charge on any atom is 0.253 e. The largest absolute Gasteiger partial charge is 0.481 e. The van der Waals surface area contributed by atoms with E-state index in [2.05, 4.69) is 9.88 Å². The molecular formula is C21H24FN3O3. The molecule has 2 aliphatic rings. The van der Waals surface area contributed by atoms with E-state index in [1.165, 1.54) is 12.1 Å². The number of anilines is 1. The lowest BCUT2D eigenvalue weighted by molar-refractivity contribution is -0.146. The first-order chi connectivity index (χ1) is 13.6. The molecule has 6 nitrogen and oxygen atoms in total. The molecule has 3 heterocycles. The number of rotatable bonds is 4. The van der Waals surface area contributed by atoms with Gasteiger partial charge in [-0.1, -0.05) is 12.1 Å². The van der Waals surface area contributed by atoms with E-state index in [0.717, 1.165) is 25.1 Å². The third-order valence-electron chi connectivity index (χ3n) is 5.36. The van der Waals surface area contributed by atoms with E-state index in [0.29, 0.717) is 31.2 Å². The van der Waals surface area contributed by atoms with Gasteiger partial charge in [0.2, 0.25) is 5.88 Å². The molecule has 1 unspecified atom stereocenters. The predicted octanol–water partition coefficient (Wildman–Crippen LogP) is 2.63. The molecule has 2 aliphatic heterocycles. The maximum absolute atomic E-state index is 13.7. The number of hydrogen-bond acceptors (Lipinski definition) is 5. The average molecular weight is 385 g/mol. The van der Waals surface area contributed by atoms with Crippen molar-refractivity contribution in [3.63, 3.8) is 0 Å². The zero-order valence-electron chi connectivity index (χ0n) is 15.9. The SMILES string of the molecule is COc1cccc(CN2CCCC3(C2)CN(c2cccc(F)c2)C(=O)CO3)n1. The third-order valence-corrected chi connectivity index (χ3v) is 5.36. The maximum atomic E-state index is 13.7. The number of piperidine rings is 1. The molecule has 1 amide bonds. The Balaban J connectivity index is 1.49. The molecule has 148 valence electrons. The summed E-state index contributed by atoms with van der Waals surface area (Å²) in [4.78, 5) is 20.9. The van der Waals surface area contributed by atoms with Crippen LogP contribution in [0.5, 0.6) is 5.88 Å². The fourth-order valence-corrected chi connectivity index (χ4v) is 4.05. The Morgan fingerprint density at radius 1 is 1.25 bits per heavy atom. The van der Waals surface area contributed by atoms with Gasteiger partial charge in [-0.25, -0.2) is 9.37 Å². The Kier molecular flexibility index (Phi) is 5.28. The summed E-state index contributed by atoms with van der Waals surface area (Å²) in [6, 6.07) is 11.9. The van der Waals surface area contributed by atoms with Gasteiger partial charge in [0, 0.05) is 24.8 Å². The van der Waals surface area contributed by atoms with E-state index < -0.39 is 5.60 Å². The molecule has 0 bridgehead atoms. The number of amides is 1. The van der Waals surface area contributed by atoms with Crippen LogP contribution in [0.2, 0.25) is 0 Å². The summed E-state index contributed by atoms with van der Waals surface area (Å²) in [5.74, 6) is 0.115. The molecular weight excluding hydrogens is 361 g/mol. The molecule has 0 aliphatic carbocycles. The molecule has 1 spiro atoms. The van der Waals surface area contributed by atoms with Gasteiger partial charge >= 0.3 is 0 Å². The number of aromatic nitrogens is 1. The van der Waals surface area contributed by atoms with Crippen molar-refractivity contribution in [2.24, 2.45) is 0 Å². The van der Waals surface area contributed by atoms with E-state index in [1.807, 2.05) is 18.2 Å². The highest BCUT2D eigenvalue weighted by Gasteiger charge is 2.43. The molecule has 1 aromatic heterocycles. The van der Waals surface area contributed by atoms with Crippen molar-refractivity contribution in [1.29, 1.82) is 0 Å². The van der Waals surface area contributed by atoms with Crippen LogP contribution in [0.15, 0.2) is 42.5 Å². The van der Waals surface area contributed by atoms with Crippen LogP contribution in [0.4, 0.5) is 10.1 Å². The van der Waals surface area contributed by atoms with Crippen LogP contribution in [-0.4, -0.2) is 54.7 Å². The second kappa shape index (κ2) is 7.85. The zero-order valence-corrected chi connectivity index (χ0v) is 15.9. The van der Waals surface area contributed by atoms with Crippen molar-refractivity contribution in [3.8, 4) is 5.88 Å². The summed E-state index contributed by atoms with van der Waals surface area (Å²) >= 11 is 0. The second-order valence-corrected chi connectivity index (χ2v) is 7.42. The monoisotopic (exact) mass is 385 g/mol. The lowest BCUT2D eigenvalue weighted by Crippen LogP contribution is -2.61. The third kappa shape index (κ3) is 4.00. The van der Waals surface area contributed by atoms with Crippen LogP contribution in [0.1, 0.15) is 18.5 Å². The van der Waals surface area contributed by atoms with Gasteiger partial charge in [-0.15, -0.1) is 0 Å². The number of ether oxygens (including phenoxy) is 2. The van der Waals surface area contributed by atoms with E-state index in [1.54, 1.807) is 24.1 Å². The van der Waals surface area contributed by atoms with Crippen LogP contribution in [0.3, 0.4) is 0 Å². The van der Waals surface area contributed by atoms with Gasteiger partial charge in [0.15, 0.2) is 0 Å². The van der Waals surface area contributed by atoms with Crippen LogP contribution >= 0.6 is 0 Å². The first-order valence-electron chi connectivity index (χ1n) is 9.49. The van der Waals surface area contributed by atoms with E-state index in [-0.39, 0.29) is 18.3 Å². The number of carbonyl (C=O) groups is 1. The minimum Gasteiger partial charge on any atom is -0.481 e. The number of morpholine rings is 1. The van der Waals surface area contributed by atoms with Crippen molar-refractivity contribution in [2.75, 3.05) is 38.3 Å². The van der Waals surface area contributed by atoms with Gasteiger partial charge in [-0.05, 0) is 43.7 Å². The molecule has 28 heavy (non-hydrogen) atoms. The Bertz CT molecular complexity index is 862. The first-order valence-corrected chi connectivity index (χ1v) is 9.49. The summed E-state index contributed by atoms with van der Waals surface area (Å²) in [5, 5.41) is 0. The molecule has 1 atom stereocenters. The van der Waals surface area contributed by atoms with E-state index >= 15 is 0 Å². The van der Waals surface area contributed by atoms with Gasteiger partial charge in [0.05, 0.1) is 24.9 Å². The molecule has 1 aromatic carbocycles. The van der Waals surface area contributed by atoms with Gasteiger partial charge in [0.1, 0.15) is 12.4 Å². The number of pyridine rings is 1. The van der Waals surface area contributed by atoms with Gasteiger partial charge in [-0.2, -0.15) is 0 Å². The fourth-order valence-electron chi connectivity index (χ4n) is 4.05. The quantitative estimate of drug-likeness (QED) is 0.810. The number of hydrogen-bond donors (Lipinski definition) is 0. The molecule has 2 aromatic rings. The topological polar surface area (TPSA) is 54.9 Å². The highest BCUT2D eigenvalue weighted by atomic mass is 19.1. The molecule has 2 fully saturated rings. The molecule has 0 saturated carbocycles. The van der Waals surface area contributed by atoms with Gasteiger partial charge in [-0.3, -0.25) is 9.69 Å². The van der Waals surface area contributed by atoms with Crippen LogP contribution in [0.25, 0.3) is 0 Å². The predicted molar refractivity (Wildman–Crippen MR) is 103 cm³/mol. The van der Waals surface area contributed by atoms with Crippen LogP contribution in [0, 0.1) is 5.82 Å². The summed E-state index contributed by atoms with van der Waals surface area (Å²) < 4.78 is 24.9. The van der Waals surface area contributed by atoms with Crippen LogP contribution in [-0.2, 0) is 16.1 Å². The summed E-state index contributed by atoms with van der Waals surface area (Å²) in [5.41, 5.74) is 1.07. The Morgan fingerprint density at radius 3 is 2.93 bits per heavy atom. The molecule has 4 rings (SSSR count). The normalized spacial score (nSPS) is 23.2. The van der Waals surface area contributed by atoms with Gasteiger partial charge < -0.3 is 14.4 Å². The standard InChI is InChI=1S/C21H24FN3O3/c1-27-19-8-3-6-17(23-19)12-24-10-4-9-21(14-24)15-25(20(26)13-28-21)18-7-2-5-16(22)11-18/h2-3,5-8,11H,4,9-10,12-15H2,1H3. The second-order valence-electron chi connectivity index (χ2n) is 7.42. The highest BCUT2D eigenvalue weighted by molar-refractivity contribution is 5.95. The smallest absolute Gasteiger partial charge is 0.253 e. The van der Waals surface area contributed by atoms with Crippen molar-refractivity contribution in [2.45, 2.75) is 25.0 Å². The Morgan fingerprint density at radius 2 is 2.11 bits per heavy atom. The van der Waals surface area contributed by atoms with E-state index in [4.69, 9.17) is 9.47 Å². The van der Waals surface area contributed by atoms with Crippen LogP contribution < -0.4 is 9.64 Å². The lowest BCUT2D eigenvalue weighted by Gasteiger charge is -2.47. The summed E-state index contributed by atoms with van der Waals surface area (Å²) in [6.45, 7) is 2.78. The number of nitrogens with zero attached hydrogens (tertiary/aromatic N) is 3. The Labute approximate surface area is 163 Å². The number of likely N-dealkylation sites (tertiary alicyclic amines) is 1. The summed E-state index contributed by atoms with van der Waals surface area (Å²) in [6.07, 6.45) is 1.84. The first kappa shape index (κ1) is 18.8. The molecule has 7 heteroatoms. The van der Waals surface area contributed by atoms with Gasteiger partial charge in [0.25, 0.3) is 5.91 Å². The average Bonchev–Trinajstić information content (AvgIpc) is 2.70. The lowest BCUT2D eigenvalue weighted by atomic mass is 9.90. The number of benzene rings is 1. The molecule has 0 radical (unpaired) electrons. The highest BCUT2D eigenvalue weighted by Crippen LogP contribution is 2.32. The number of methoxy groups -OCH3 is 1. The summed E-state index contributed by atoms with van der Waals surface area (Å²) in [7, 11) is 1.61. The minimum absolute atomic E-state index is 0.0156. The molecule has 2 saturated heterocycles. The van der Waals surface area contributed by atoms with Crippen molar-refractivity contribution in [1.82, 2.24) is 9.88 Å². The van der Waals surface area contributed by atoms with Crippen molar-refractivity contribution < 1.29 is 18.7 Å². The number of carbonyl (C=O) groups excluding carboxylic acids is 1. The van der Waals surface area contributed by atoms with Crippen molar-refractivity contribution in [3.05, 3.63) is 54.0 Å².